The Morgan fingerprint density at radius 3 is 0.721 bits per heavy atom. The number of hydrogen-bond donors (Lipinski definition) is 24. The largest absolute Gasteiger partial charge is 0.394 e. The van der Waals surface area contributed by atoms with Crippen LogP contribution in [0.1, 0.15) is 0 Å². The van der Waals surface area contributed by atoms with Crippen molar-refractivity contribution in [1.29, 1.82) is 0 Å². The molecule has 408 valence electrons. The van der Waals surface area contributed by atoms with Crippen molar-refractivity contribution in [1.82, 2.24) is 0 Å². The fourth-order valence-corrected chi connectivity index (χ4v) is 5.95. The zero-order valence-corrected chi connectivity index (χ0v) is 36.3. The van der Waals surface area contributed by atoms with Crippen molar-refractivity contribution in [3.05, 3.63) is 0 Å². The molecule has 4 aliphatic heterocycles. The summed E-state index contributed by atoms with van der Waals surface area (Å²) >= 11 is 0. The molecule has 4 heterocycles. The standard InChI is InChI=1S/4C9H18O8/c2*10-1-4(12)3-16-9-8(15)7(14)6(13)5(2-11)17-9;2*10-1-4(2-11)16-9-8(15)7(14)6(13)5(3-12)17-9/h4*4-15H,1-3H2/t2*4?,5?,6?,7-,8?,9?;2*5?,6?,7-,8?,9?/m0000/s1. The topological polar surface area (TPSA) is 559 Å². The first-order chi connectivity index (χ1) is 32.1. The number of ether oxygens (including phenoxy) is 8. The highest BCUT2D eigenvalue weighted by Gasteiger charge is 2.47. The van der Waals surface area contributed by atoms with Gasteiger partial charge >= 0.3 is 0 Å². The van der Waals surface area contributed by atoms with E-state index in [4.69, 9.17) is 99.2 Å². The van der Waals surface area contributed by atoms with Gasteiger partial charge in [0.1, 0.15) is 122 Å². The van der Waals surface area contributed by atoms with E-state index in [9.17, 15) is 61.3 Å². The van der Waals surface area contributed by atoms with Crippen LogP contribution >= 0.6 is 0 Å². The first kappa shape index (κ1) is 64.7. The van der Waals surface area contributed by atoms with Crippen molar-refractivity contribution in [3.8, 4) is 0 Å². The molecule has 4 fully saturated rings. The third-order valence-electron chi connectivity index (χ3n) is 10.2. The molecular formula is C36H72O32. The van der Waals surface area contributed by atoms with Crippen LogP contribution in [0.5, 0.6) is 0 Å². The minimum absolute atomic E-state index is 0.306. The Morgan fingerprint density at radius 1 is 0.294 bits per heavy atom. The summed E-state index contributed by atoms with van der Waals surface area (Å²) in [4.78, 5) is 0. The Morgan fingerprint density at radius 2 is 0.515 bits per heavy atom. The van der Waals surface area contributed by atoms with Crippen LogP contribution in [0.3, 0.4) is 0 Å². The molecule has 22 atom stereocenters. The Bertz CT molecular complexity index is 1160. The van der Waals surface area contributed by atoms with Crippen LogP contribution in [-0.4, -0.2) is 349 Å². The van der Waals surface area contributed by atoms with Crippen molar-refractivity contribution in [2.24, 2.45) is 0 Å². The van der Waals surface area contributed by atoms with E-state index in [2.05, 4.69) is 0 Å². The van der Waals surface area contributed by atoms with E-state index in [-0.39, 0.29) is 13.2 Å². The molecule has 0 spiro atoms. The van der Waals surface area contributed by atoms with Crippen molar-refractivity contribution in [2.75, 3.05) is 79.3 Å². The number of aliphatic hydroxyl groups excluding tert-OH is 24. The molecule has 4 rings (SSSR count). The lowest BCUT2D eigenvalue weighted by Crippen LogP contribution is -2.60. The fraction of sp³-hybridized carbons (Fsp3) is 1.00. The summed E-state index contributed by atoms with van der Waals surface area (Å²) < 4.78 is 39.9. The van der Waals surface area contributed by atoms with E-state index in [0.29, 0.717) is 0 Å². The second-order valence-corrected chi connectivity index (χ2v) is 15.4. The molecule has 4 aliphatic rings. The van der Waals surface area contributed by atoms with Gasteiger partial charge in [-0.1, -0.05) is 0 Å². The lowest BCUT2D eigenvalue weighted by molar-refractivity contribution is -0.315. The van der Waals surface area contributed by atoms with Crippen LogP contribution in [0.25, 0.3) is 0 Å². The molecule has 0 aliphatic carbocycles. The second-order valence-electron chi connectivity index (χ2n) is 15.4. The van der Waals surface area contributed by atoms with Gasteiger partial charge in [0.05, 0.1) is 79.3 Å². The molecule has 0 saturated carbocycles. The van der Waals surface area contributed by atoms with Gasteiger partial charge in [-0.15, -0.1) is 0 Å². The molecule has 0 bridgehead atoms. The summed E-state index contributed by atoms with van der Waals surface area (Å²) in [5.74, 6) is 0. The van der Waals surface area contributed by atoms with E-state index in [1.807, 2.05) is 0 Å². The summed E-state index contributed by atoms with van der Waals surface area (Å²) in [6, 6.07) is 0. The highest BCUT2D eigenvalue weighted by atomic mass is 16.7. The van der Waals surface area contributed by atoms with E-state index < -0.39 is 213 Å². The second kappa shape index (κ2) is 33.4. The Labute approximate surface area is 386 Å². The molecule has 24 N–H and O–H groups in total. The summed E-state index contributed by atoms with van der Waals surface area (Å²) in [5, 5.41) is 220. The monoisotopic (exact) mass is 1020 g/mol. The molecule has 0 amide bonds. The van der Waals surface area contributed by atoms with Crippen molar-refractivity contribution < 1.29 is 160 Å². The van der Waals surface area contributed by atoms with Crippen molar-refractivity contribution in [3.63, 3.8) is 0 Å². The Balaban J connectivity index is 0.000000453. The maximum Gasteiger partial charge on any atom is 0.187 e. The smallest absolute Gasteiger partial charge is 0.187 e. The average Bonchev–Trinajstić information content (AvgIpc) is 3.35. The van der Waals surface area contributed by atoms with Crippen molar-refractivity contribution >= 4 is 0 Å². The van der Waals surface area contributed by atoms with Crippen LogP contribution in [0.4, 0.5) is 0 Å². The molecule has 18 unspecified atom stereocenters. The first-order valence-corrected chi connectivity index (χ1v) is 20.9. The molecule has 0 radical (unpaired) electrons. The van der Waals surface area contributed by atoms with E-state index in [1.54, 1.807) is 0 Å². The summed E-state index contributed by atoms with van der Waals surface area (Å²) in [6.45, 7) is -5.84. The van der Waals surface area contributed by atoms with E-state index in [1.165, 1.54) is 0 Å². The molecule has 68 heavy (non-hydrogen) atoms. The molecule has 32 nitrogen and oxygen atoms in total. The van der Waals surface area contributed by atoms with Crippen molar-refractivity contribution in [2.45, 2.75) is 147 Å². The minimum atomic E-state index is -1.54. The number of hydrogen-bond acceptors (Lipinski definition) is 32. The van der Waals surface area contributed by atoms with Crippen LogP contribution in [-0.2, 0) is 37.9 Å². The van der Waals surface area contributed by atoms with E-state index in [0.717, 1.165) is 0 Å². The Hall–Kier alpha value is -1.28. The third kappa shape index (κ3) is 19.3. The molecular weight excluding hydrogens is 944 g/mol. The molecule has 0 aromatic heterocycles. The van der Waals surface area contributed by atoms with Gasteiger partial charge < -0.3 is 160 Å². The molecule has 0 aromatic rings. The van der Waals surface area contributed by atoms with Crippen LogP contribution in [0.15, 0.2) is 0 Å². The lowest BCUT2D eigenvalue weighted by atomic mass is 9.99. The number of rotatable bonds is 20. The normalized spacial score (nSPS) is 39.4. The summed E-state index contributed by atoms with van der Waals surface area (Å²) in [5.41, 5.74) is 0. The van der Waals surface area contributed by atoms with Gasteiger partial charge in [0.25, 0.3) is 0 Å². The highest BCUT2D eigenvalue weighted by Crippen LogP contribution is 2.26. The van der Waals surface area contributed by atoms with Gasteiger partial charge in [-0.3, -0.25) is 0 Å². The molecule has 0 aromatic carbocycles. The maximum absolute atomic E-state index is 9.56. The lowest BCUT2D eigenvalue weighted by Gasteiger charge is -2.40. The maximum atomic E-state index is 9.56. The Kier molecular flexibility index (Phi) is 31.8. The quantitative estimate of drug-likeness (QED) is 0.0538. The zero-order valence-electron chi connectivity index (χ0n) is 36.3. The first-order valence-electron chi connectivity index (χ1n) is 20.9. The van der Waals surface area contributed by atoms with Gasteiger partial charge in [-0.25, -0.2) is 0 Å². The highest BCUT2D eigenvalue weighted by molar-refractivity contribution is 4.92. The summed E-state index contributed by atoms with van der Waals surface area (Å²) in [7, 11) is 0. The van der Waals surface area contributed by atoms with Gasteiger partial charge in [-0.05, 0) is 0 Å². The number of aliphatic hydroxyl groups is 24. The zero-order chi connectivity index (χ0) is 52.0. The summed E-state index contributed by atoms with van der Waals surface area (Å²) in [6.07, 6.45) is -31.7. The average molecular weight is 1020 g/mol. The predicted octanol–water partition coefficient (Wildman–Crippen LogP) is -15.4. The van der Waals surface area contributed by atoms with Crippen LogP contribution in [0, 0.1) is 0 Å². The SMILES string of the molecule is OCC(CO)OC1OC(CO)C(O)[C@H](O)C1O.OCC(CO)OC1OC(CO)C(O)[C@H](O)C1O.OCC(O)COC1OC(CO)C(O)[C@H](O)C1O.OCC(O)COC1OC(CO)C(O)[C@H](O)C1O. The van der Waals surface area contributed by atoms with Crippen LogP contribution in [0.2, 0.25) is 0 Å². The fourth-order valence-electron chi connectivity index (χ4n) is 5.95. The van der Waals surface area contributed by atoms with Crippen LogP contribution < -0.4 is 0 Å². The van der Waals surface area contributed by atoms with E-state index >= 15 is 0 Å². The third-order valence-corrected chi connectivity index (χ3v) is 10.2. The van der Waals surface area contributed by atoms with Gasteiger partial charge in [0, 0.05) is 0 Å². The molecule has 4 saturated heterocycles. The van der Waals surface area contributed by atoms with Gasteiger partial charge in [0.15, 0.2) is 25.2 Å². The van der Waals surface area contributed by atoms with Gasteiger partial charge in [-0.2, -0.15) is 0 Å². The predicted molar refractivity (Wildman–Crippen MR) is 211 cm³/mol. The van der Waals surface area contributed by atoms with Gasteiger partial charge in [0.2, 0.25) is 0 Å². The molecule has 32 heteroatoms. The minimum Gasteiger partial charge on any atom is -0.394 e.